The van der Waals surface area contributed by atoms with Crippen molar-refractivity contribution in [2.75, 3.05) is 11.5 Å². The molecule has 2 aliphatic heterocycles. The van der Waals surface area contributed by atoms with E-state index in [0.717, 1.165) is 22.5 Å². The highest BCUT2D eigenvalue weighted by Gasteiger charge is 2.50. The molecule has 50 heavy (non-hydrogen) atoms. The summed E-state index contributed by atoms with van der Waals surface area (Å²) in [6.45, 7) is 7.79. The van der Waals surface area contributed by atoms with Crippen molar-refractivity contribution in [2.45, 2.75) is 82.6 Å². The first-order valence-electron chi connectivity index (χ1n) is 17.1. The molecule has 1 N–H and O–H groups in total. The predicted octanol–water partition coefficient (Wildman–Crippen LogP) is 6.63. The topological polar surface area (TPSA) is 108 Å². The second kappa shape index (κ2) is 13.5. The summed E-state index contributed by atoms with van der Waals surface area (Å²) in [4.78, 5) is 34.1. The lowest BCUT2D eigenvalue weighted by molar-refractivity contribution is 0.0899. The van der Waals surface area contributed by atoms with Crippen LogP contribution >= 0.6 is 11.6 Å². The van der Waals surface area contributed by atoms with E-state index < -0.39 is 32.4 Å². The van der Waals surface area contributed by atoms with E-state index in [2.05, 4.69) is 30.1 Å². The van der Waals surface area contributed by atoms with Gasteiger partial charge in [0.15, 0.2) is 5.65 Å². The fourth-order valence-electron chi connectivity index (χ4n) is 7.28. The number of benzene rings is 2. The number of ether oxygens (including phenoxy) is 2. The number of hydrogen-bond donors (Lipinski definition) is 1. The fourth-order valence-corrected chi connectivity index (χ4v) is 8.35. The Hall–Kier alpha value is -4.20. The van der Waals surface area contributed by atoms with Gasteiger partial charge in [-0.25, -0.2) is 9.18 Å². The average Bonchev–Trinajstić information content (AvgIpc) is 3.75. The zero-order valence-corrected chi connectivity index (χ0v) is 30.8. The van der Waals surface area contributed by atoms with Gasteiger partial charge in [0, 0.05) is 63.7 Å². The normalized spacial score (nSPS) is 20.6. The summed E-state index contributed by atoms with van der Waals surface area (Å²) in [5.41, 5.74) is 3.14. The first kappa shape index (κ1) is 34.3. The number of piperidine rings is 1. The van der Waals surface area contributed by atoms with Gasteiger partial charge in [-0.15, -0.1) is 0 Å². The third-order valence-electron chi connectivity index (χ3n) is 9.90. The number of rotatable bonds is 10. The van der Waals surface area contributed by atoms with E-state index in [1.807, 2.05) is 71.4 Å². The third-order valence-corrected chi connectivity index (χ3v) is 12.0. The van der Waals surface area contributed by atoms with E-state index in [1.165, 1.54) is 4.57 Å². The van der Waals surface area contributed by atoms with E-state index in [9.17, 15) is 9.59 Å². The Morgan fingerprint density at radius 3 is 2.62 bits per heavy atom. The van der Waals surface area contributed by atoms with Crippen LogP contribution in [0.4, 0.5) is 15.1 Å². The number of nitrogens with one attached hydrogen (secondary N) is 1. The molecule has 5 heterocycles. The molecule has 0 aliphatic carbocycles. The van der Waals surface area contributed by atoms with Crippen molar-refractivity contribution in [2.24, 2.45) is 14.1 Å². The first-order chi connectivity index (χ1) is 23.9. The minimum atomic E-state index is -1.39. The number of anilines is 1. The summed E-state index contributed by atoms with van der Waals surface area (Å²) in [7, 11) is 2.19. The molecule has 7 rings (SSSR count). The van der Waals surface area contributed by atoms with Crippen LogP contribution in [0.5, 0.6) is 0 Å². The minimum absolute atomic E-state index is 0.103. The van der Waals surface area contributed by atoms with Crippen molar-refractivity contribution in [3.8, 4) is 11.1 Å². The van der Waals surface area contributed by atoms with Gasteiger partial charge in [0.1, 0.15) is 19.5 Å². The van der Waals surface area contributed by atoms with Gasteiger partial charge in [-0.3, -0.25) is 14.0 Å². The second-order valence-electron chi connectivity index (χ2n) is 14.7. The summed E-state index contributed by atoms with van der Waals surface area (Å²) in [5.74, 6) is 0.393. The van der Waals surface area contributed by atoms with Gasteiger partial charge < -0.3 is 24.3 Å². The minimum Gasteiger partial charge on any atom is -0.445 e. The number of nitrogens with zero attached hydrogens (tertiary/aromatic N) is 6. The van der Waals surface area contributed by atoms with Crippen molar-refractivity contribution < 1.29 is 18.7 Å². The van der Waals surface area contributed by atoms with Crippen LogP contribution in [0.1, 0.15) is 24.8 Å². The van der Waals surface area contributed by atoms with Crippen LogP contribution in [0.2, 0.25) is 30.7 Å². The molecule has 5 aromatic rings. The number of carbonyl (C=O) groups excluding carboxylic acids is 1. The number of carbonyl (C=O) groups is 1. The van der Waals surface area contributed by atoms with E-state index in [-0.39, 0.29) is 24.9 Å². The highest BCUT2D eigenvalue weighted by atomic mass is 35.5. The zero-order valence-electron chi connectivity index (χ0n) is 29.0. The molecule has 2 bridgehead atoms. The highest BCUT2D eigenvalue weighted by molar-refractivity contribution is 6.76. The smallest absolute Gasteiger partial charge is 0.407 e. The van der Waals surface area contributed by atoms with Crippen molar-refractivity contribution in [3.63, 3.8) is 0 Å². The van der Waals surface area contributed by atoms with Crippen LogP contribution in [0, 0.1) is 0 Å². The van der Waals surface area contributed by atoms with Gasteiger partial charge in [0.2, 0.25) is 5.95 Å². The van der Waals surface area contributed by atoms with Crippen molar-refractivity contribution in [1.29, 1.82) is 0 Å². The lowest BCUT2D eigenvalue weighted by Crippen LogP contribution is -2.59. The van der Waals surface area contributed by atoms with Gasteiger partial charge in [0.25, 0.3) is 5.56 Å². The number of aromatic nitrogens is 5. The largest absolute Gasteiger partial charge is 0.445 e. The molecule has 1 amide bonds. The number of amides is 1. The monoisotopic (exact) mass is 719 g/mol. The Labute approximate surface area is 295 Å². The number of halogens is 2. The van der Waals surface area contributed by atoms with Crippen LogP contribution in [-0.4, -0.2) is 69.0 Å². The molecule has 0 unspecified atom stereocenters. The summed E-state index contributed by atoms with van der Waals surface area (Å²) < 4.78 is 32.9. The maximum absolute atomic E-state index is 16.3. The van der Waals surface area contributed by atoms with E-state index in [0.29, 0.717) is 59.0 Å². The molecule has 3 aromatic heterocycles. The Bertz CT molecular complexity index is 2110. The quantitative estimate of drug-likeness (QED) is 0.128. The standard InChI is InChI=1S/C36H43ClFN7O4Si/c1-42-18-26-27(41-42)13-12-24(31(26)37)25-19-44(21-48-15-16-50(3,4)5)33-30(25)34(46)43(2)35(40-33)45-23-11-14-29(45)32(38)28(17-23)39-36(47)49-20-22-9-7-6-8-10-22/h6-10,12-13,18-19,23,28-29,32H,11,14-17,20-21H2,1-5H3,(H,39,47)/t23-,28+,29+,32-/m1/s1. The Morgan fingerprint density at radius 2 is 1.86 bits per heavy atom. The number of aryl methyl sites for hydroxylation is 1. The van der Waals surface area contributed by atoms with Gasteiger partial charge >= 0.3 is 6.09 Å². The fraction of sp³-hybridized carbons (Fsp3) is 0.444. The van der Waals surface area contributed by atoms with Crippen molar-refractivity contribution in [1.82, 2.24) is 29.2 Å². The highest BCUT2D eigenvalue weighted by Crippen LogP contribution is 2.42. The SMILES string of the molecule is Cn1cc2c(Cl)c(-c3cn(COCC[Si](C)(C)C)c4nc(N5[C@@H]6CC[C@H]5[C@H](F)[C@@H](NC(=O)OCc5ccccc5)C6)n(C)c(=O)c34)ccc2n1. The molecule has 0 saturated carbocycles. The van der Waals surface area contributed by atoms with Crippen LogP contribution < -0.4 is 15.8 Å². The van der Waals surface area contributed by atoms with Crippen LogP contribution in [0.15, 0.2) is 59.7 Å². The lowest BCUT2D eigenvalue weighted by atomic mass is 9.95. The van der Waals surface area contributed by atoms with Gasteiger partial charge in [0.05, 0.1) is 28.0 Å². The maximum Gasteiger partial charge on any atom is 0.407 e. The summed E-state index contributed by atoms with van der Waals surface area (Å²) >= 11 is 6.98. The van der Waals surface area contributed by atoms with Crippen molar-refractivity contribution >= 4 is 53.7 Å². The molecule has 4 atom stereocenters. The second-order valence-corrected chi connectivity index (χ2v) is 20.7. The molecular weight excluding hydrogens is 677 g/mol. The number of alkyl carbamates (subject to hydrolysis) is 1. The number of hydrogen-bond acceptors (Lipinski definition) is 7. The Kier molecular flexibility index (Phi) is 9.25. The molecule has 2 saturated heterocycles. The molecule has 2 fully saturated rings. The van der Waals surface area contributed by atoms with E-state index in [1.54, 1.807) is 11.7 Å². The van der Waals surface area contributed by atoms with E-state index in [4.69, 9.17) is 26.1 Å². The van der Waals surface area contributed by atoms with Crippen LogP contribution in [0.3, 0.4) is 0 Å². The molecule has 0 radical (unpaired) electrons. The maximum atomic E-state index is 16.3. The predicted molar refractivity (Wildman–Crippen MR) is 196 cm³/mol. The number of fused-ring (bicyclic) bond motifs is 4. The molecular formula is C36H43ClFN7O4Si. The Morgan fingerprint density at radius 1 is 1.08 bits per heavy atom. The number of alkyl halides is 1. The van der Waals surface area contributed by atoms with E-state index >= 15 is 4.39 Å². The Balaban J connectivity index is 1.21. The van der Waals surface area contributed by atoms with Crippen LogP contribution in [-0.2, 0) is 36.9 Å². The summed E-state index contributed by atoms with van der Waals surface area (Å²) in [6, 6.07) is 12.7. The van der Waals surface area contributed by atoms with Gasteiger partial charge in [-0.05, 0) is 36.9 Å². The summed E-state index contributed by atoms with van der Waals surface area (Å²) in [6.07, 6.45) is 3.35. The van der Waals surface area contributed by atoms with Crippen LogP contribution in [0.25, 0.3) is 33.1 Å². The summed E-state index contributed by atoms with van der Waals surface area (Å²) in [5, 5.41) is 8.94. The molecule has 11 nitrogen and oxygen atoms in total. The first-order valence-corrected chi connectivity index (χ1v) is 21.2. The lowest BCUT2D eigenvalue weighted by Gasteiger charge is -2.42. The third kappa shape index (κ3) is 6.53. The zero-order chi connectivity index (χ0) is 35.3. The molecule has 0 spiro atoms. The molecule has 2 aliphatic rings. The molecule has 264 valence electrons. The molecule has 2 aromatic carbocycles. The van der Waals surface area contributed by atoms with Gasteiger partial charge in [-0.2, -0.15) is 10.1 Å². The molecule has 14 heteroatoms. The van der Waals surface area contributed by atoms with Crippen molar-refractivity contribution in [3.05, 3.63) is 75.8 Å². The van der Waals surface area contributed by atoms with Gasteiger partial charge in [-0.1, -0.05) is 67.6 Å². The average molecular weight is 720 g/mol.